The molecule has 2 aliphatic rings. The highest BCUT2D eigenvalue weighted by Gasteiger charge is 2.62. The topological polar surface area (TPSA) is 101 Å². The monoisotopic (exact) mass is 309 g/mol. The van der Waals surface area contributed by atoms with Gasteiger partial charge in [0.1, 0.15) is 0 Å². The van der Waals surface area contributed by atoms with Crippen LogP contribution in [0.5, 0.6) is 0 Å². The summed E-state index contributed by atoms with van der Waals surface area (Å²) >= 11 is 0. The lowest BCUT2D eigenvalue weighted by Gasteiger charge is -2.47. The molecule has 0 spiro atoms. The second kappa shape index (κ2) is 5.37. The summed E-state index contributed by atoms with van der Waals surface area (Å²) in [6, 6.07) is 0. The second-order valence-electron chi connectivity index (χ2n) is 7.78. The van der Waals surface area contributed by atoms with E-state index in [1.54, 1.807) is 19.1 Å². The van der Waals surface area contributed by atoms with E-state index in [1.165, 1.54) is 0 Å². The molecule has 0 aromatic heterocycles. The number of rotatable bonds is 6. The Kier molecular flexibility index (Phi) is 4.15. The van der Waals surface area contributed by atoms with Crippen LogP contribution in [0, 0.1) is 22.7 Å². The maximum atomic E-state index is 12.1. The molecule has 4 N–H and O–H groups in total. The number of carbonyl (C=O) groups is 2. The first-order valence-electron chi connectivity index (χ1n) is 7.99. The van der Waals surface area contributed by atoms with Crippen LogP contribution >= 0.6 is 0 Å². The zero-order chi connectivity index (χ0) is 16.8. The highest BCUT2D eigenvalue weighted by Crippen LogP contribution is 2.60. The Morgan fingerprint density at radius 1 is 1.27 bits per heavy atom. The summed E-state index contributed by atoms with van der Waals surface area (Å²) in [6.45, 7) is 5.53. The molecular weight excluding hydrogens is 282 g/mol. The molecule has 2 rings (SSSR count). The average molecular weight is 309 g/mol. The Morgan fingerprint density at radius 2 is 1.86 bits per heavy atom. The van der Waals surface area contributed by atoms with Gasteiger partial charge in [0, 0.05) is 5.54 Å². The van der Waals surface area contributed by atoms with E-state index in [1.807, 2.05) is 13.8 Å². The average Bonchev–Trinajstić information content (AvgIpc) is 3.20. The Morgan fingerprint density at radius 3 is 2.27 bits per heavy atom. The van der Waals surface area contributed by atoms with Gasteiger partial charge in [-0.05, 0) is 57.8 Å². The molecule has 2 aliphatic carbocycles. The Labute approximate surface area is 131 Å². The largest absolute Gasteiger partial charge is 0.481 e. The van der Waals surface area contributed by atoms with Gasteiger partial charge in [-0.15, -0.1) is 0 Å². The van der Waals surface area contributed by atoms with E-state index in [-0.39, 0.29) is 5.92 Å². The minimum absolute atomic E-state index is 0.0922. The van der Waals surface area contributed by atoms with Gasteiger partial charge in [0.05, 0.1) is 10.8 Å². The molecular formula is C17H27NO4. The fourth-order valence-electron chi connectivity index (χ4n) is 4.00. The van der Waals surface area contributed by atoms with Crippen LogP contribution in [0.15, 0.2) is 12.2 Å². The van der Waals surface area contributed by atoms with E-state index in [0.717, 1.165) is 12.8 Å². The van der Waals surface area contributed by atoms with Gasteiger partial charge >= 0.3 is 11.9 Å². The number of aliphatic carboxylic acids is 2. The van der Waals surface area contributed by atoms with Crippen molar-refractivity contribution in [2.45, 2.75) is 58.4 Å². The van der Waals surface area contributed by atoms with E-state index in [2.05, 4.69) is 0 Å². The van der Waals surface area contributed by atoms with Crippen LogP contribution in [-0.4, -0.2) is 27.7 Å². The van der Waals surface area contributed by atoms with Crippen molar-refractivity contribution >= 4 is 11.9 Å². The van der Waals surface area contributed by atoms with Crippen LogP contribution in [0.1, 0.15) is 52.9 Å². The van der Waals surface area contributed by atoms with E-state index < -0.39 is 34.2 Å². The van der Waals surface area contributed by atoms with Crippen LogP contribution in [-0.2, 0) is 9.59 Å². The number of allylic oxidation sites excluding steroid dienone is 1. The number of carboxylic acids is 2. The zero-order valence-electron chi connectivity index (χ0n) is 13.6. The van der Waals surface area contributed by atoms with Gasteiger partial charge in [0.25, 0.3) is 0 Å². The van der Waals surface area contributed by atoms with Crippen LogP contribution in [0.25, 0.3) is 0 Å². The molecule has 5 heteroatoms. The van der Waals surface area contributed by atoms with Crippen molar-refractivity contribution in [2.24, 2.45) is 28.4 Å². The summed E-state index contributed by atoms with van der Waals surface area (Å²) in [6.07, 6.45) is 6.57. The van der Waals surface area contributed by atoms with Crippen molar-refractivity contribution in [3.8, 4) is 0 Å². The number of carboxylic acid groups (broad SMARTS) is 2. The SMILES string of the molecule is CC1C(CCC(C)(C)N)(C(=O)O)C=CCC1(C(=O)O)C1CC1. The summed E-state index contributed by atoms with van der Waals surface area (Å²) in [5.41, 5.74) is 3.45. The Hall–Kier alpha value is -1.36. The molecule has 124 valence electrons. The van der Waals surface area contributed by atoms with Gasteiger partial charge in [-0.2, -0.15) is 0 Å². The fourth-order valence-corrected chi connectivity index (χ4v) is 4.00. The first-order valence-corrected chi connectivity index (χ1v) is 7.99. The summed E-state index contributed by atoms with van der Waals surface area (Å²) in [5, 5.41) is 19.7. The van der Waals surface area contributed by atoms with E-state index in [0.29, 0.717) is 19.3 Å². The van der Waals surface area contributed by atoms with Crippen molar-refractivity contribution < 1.29 is 19.8 Å². The maximum absolute atomic E-state index is 12.1. The van der Waals surface area contributed by atoms with E-state index in [4.69, 9.17) is 5.73 Å². The highest BCUT2D eigenvalue weighted by atomic mass is 16.4. The third kappa shape index (κ3) is 2.67. The molecule has 0 saturated heterocycles. The van der Waals surface area contributed by atoms with Gasteiger partial charge in [0.15, 0.2) is 0 Å². The summed E-state index contributed by atoms with van der Waals surface area (Å²) in [7, 11) is 0. The molecule has 0 bridgehead atoms. The standard InChI is InChI=1S/C17H27NO4/c1-11-16(13(19)20,10-9-15(2,3)18)7-4-8-17(11,14(21)22)12-5-6-12/h4,7,11-12H,5-6,8-10,18H2,1-3H3,(H,19,20)(H,21,22). The molecule has 3 atom stereocenters. The predicted octanol–water partition coefficient (Wildman–Crippen LogP) is 2.65. The van der Waals surface area contributed by atoms with Gasteiger partial charge in [-0.1, -0.05) is 19.1 Å². The second-order valence-corrected chi connectivity index (χ2v) is 7.78. The first kappa shape index (κ1) is 17.0. The number of nitrogens with two attached hydrogens (primary N) is 1. The molecule has 22 heavy (non-hydrogen) atoms. The molecule has 0 amide bonds. The normalized spacial score (nSPS) is 35.4. The summed E-state index contributed by atoms with van der Waals surface area (Å²) in [5.74, 6) is -2.15. The lowest BCUT2D eigenvalue weighted by atomic mass is 9.54. The number of hydrogen-bond donors (Lipinski definition) is 3. The molecule has 0 heterocycles. The van der Waals surface area contributed by atoms with Gasteiger partial charge in [-0.25, -0.2) is 0 Å². The first-order chi connectivity index (χ1) is 10.1. The van der Waals surface area contributed by atoms with Crippen molar-refractivity contribution in [1.82, 2.24) is 0 Å². The minimum atomic E-state index is -1.14. The third-order valence-electron chi connectivity index (χ3n) is 5.70. The summed E-state index contributed by atoms with van der Waals surface area (Å²) in [4.78, 5) is 24.1. The van der Waals surface area contributed by atoms with Crippen molar-refractivity contribution in [3.63, 3.8) is 0 Å². The predicted molar refractivity (Wildman–Crippen MR) is 83.3 cm³/mol. The molecule has 0 aromatic carbocycles. The fraction of sp³-hybridized carbons (Fsp3) is 0.765. The summed E-state index contributed by atoms with van der Waals surface area (Å²) < 4.78 is 0. The van der Waals surface area contributed by atoms with Crippen LogP contribution in [0.3, 0.4) is 0 Å². The van der Waals surface area contributed by atoms with Crippen molar-refractivity contribution in [3.05, 3.63) is 12.2 Å². The lowest BCUT2D eigenvalue weighted by molar-refractivity contribution is -0.166. The van der Waals surface area contributed by atoms with Gasteiger partial charge in [-0.3, -0.25) is 9.59 Å². The van der Waals surface area contributed by atoms with E-state index in [9.17, 15) is 19.8 Å². The highest BCUT2D eigenvalue weighted by molar-refractivity contribution is 5.83. The third-order valence-corrected chi connectivity index (χ3v) is 5.70. The number of hydrogen-bond acceptors (Lipinski definition) is 3. The quantitative estimate of drug-likeness (QED) is 0.655. The van der Waals surface area contributed by atoms with Crippen LogP contribution in [0.4, 0.5) is 0 Å². The minimum Gasteiger partial charge on any atom is -0.481 e. The lowest BCUT2D eigenvalue weighted by Crippen LogP contribution is -2.52. The van der Waals surface area contributed by atoms with Gasteiger partial charge in [0.2, 0.25) is 0 Å². The van der Waals surface area contributed by atoms with Crippen LogP contribution < -0.4 is 5.73 Å². The molecule has 5 nitrogen and oxygen atoms in total. The maximum Gasteiger partial charge on any atom is 0.313 e. The van der Waals surface area contributed by atoms with E-state index >= 15 is 0 Å². The molecule has 1 saturated carbocycles. The Bertz CT molecular complexity index is 503. The van der Waals surface area contributed by atoms with Crippen molar-refractivity contribution in [2.75, 3.05) is 0 Å². The molecule has 0 aromatic rings. The van der Waals surface area contributed by atoms with Crippen molar-refractivity contribution in [1.29, 1.82) is 0 Å². The molecule has 3 unspecified atom stereocenters. The zero-order valence-corrected chi connectivity index (χ0v) is 13.6. The molecule has 1 fully saturated rings. The van der Waals surface area contributed by atoms with Crippen LogP contribution in [0.2, 0.25) is 0 Å². The smallest absolute Gasteiger partial charge is 0.313 e. The molecule has 0 aliphatic heterocycles. The Balaban J connectivity index is 2.41. The molecule has 0 radical (unpaired) electrons. The van der Waals surface area contributed by atoms with Gasteiger partial charge < -0.3 is 15.9 Å².